The van der Waals surface area contributed by atoms with Crippen molar-refractivity contribution in [3.05, 3.63) is 63.6 Å². The Hall–Kier alpha value is -1.71. The van der Waals surface area contributed by atoms with Crippen LogP contribution in [-0.4, -0.2) is 11.1 Å². The van der Waals surface area contributed by atoms with Crippen LogP contribution in [0.4, 0.5) is 5.69 Å². The normalized spacial score (nSPS) is 11.9. The number of rotatable bonds is 4. The van der Waals surface area contributed by atoms with Crippen LogP contribution < -0.4 is 5.32 Å². The first-order chi connectivity index (χ1) is 9.47. The zero-order valence-corrected chi connectivity index (χ0v) is 12.2. The SMILES string of the molecule is CC(Nc1ccc(C(=O)O)c(Cl)c1)c1cccc(Cl)c1. The highest BCUT2D eigenvalue weighted by molar-refractivity contribution is 6.33. The van der Waals surface area contributed by atoms with Crippen molar-refractivity contribution in [3.63, 3.8) is 0 Å². The first kappa shape index (κ1) is 14.7. The molecule has 2 aromatic rings. The molecular weight excluding hydrogens is 297 g/mol. The third-order valence-electron chi connectivity index (χ3n) is 2.93. The molecule has 2 N–H and O–H groups in total. The zero-order chi connectivity index (χ0) is 14.7. The van der Waals surface area contributed by atoms with Gasteiger partial charge in [-0.15, -0.1) is 0 Å². The molecule has 0 saturated heterocycles. The summed E-state index contributed by atoms with van der Waals surface area (Å²) in [5, 5.41) is 13.1. The number of nitrogens with one attached hydrogen (secondary N) is 1. The molecule has 1 atom stereocenters. The summed E-state index contributed by atoms with van der Waals surface area (Å²) in [6.45, 7) is 1.99. The summed E-state index contributed by atoms with van der Waals surface area (Å²) in [6.07, 6.45) is 0. The van der Waals surface area contributed by atoms with Gasteiger partial charge in [0.2, 0.25) is 0 Å². The van der Waals surface area contributed by atoms with Gasteiger partial charge in [-0.1, -0.05) is 35.3 Å². The monoisotopic (exact) mass is 309 g/mol. The van der Waals surface area contributed by atoms with Crippen molar-refractivity contribution in [1.82, 2.24) is 0 Å². The average molecular weight is 310 g/mol. The predicted molar refractivity (Wildman–Crippen MR) is 81.9 cm³/mol. The highest BCUT2D eigenvalue weighted by atomic mass is 35.5. The number of hydrogen-bond acceptors (Lipinski definition) is 2. The van der Waals surface area contributed by atoms with E-state index in [0.29, 0.717) is 5.02 Å². The van der Waals surface area contributed by atoms with E-state index in [2.05, 4.69) is 5.32 Å². The van der Waals surface area contributed by atoms with Gasteiger partial charge in [0.15, 0.2) is 0 Å². The quantitative estimate of drug-likeness (QED) is 0.847. The fraction of sp³-hybridized carbons (Fsp3) is 0.133. The van der Waals surface area contributed by atoms with Crippen molar-refractivity contribution >= 4 is 34.9 Å². The summed E-state index contributed by atoms with van der Waals surface area (Å²) in [7, 11) is 0. The Kier molecular flexibility index (Phi) is 4.53. The lowest BCUT2D eigenvalue weighted by Gasteiger charge is -2.16. The van der Waals surface area contributed by atoms with Crippen LogP contribution in [0.25, 0.3) is 0 Å². The second kappa shape index (κ2) is 6.16. The van der Waals surface area contributed by atoms with Crippen molar-refractivity contribution < 1.29 is 9.90 Å². The van der Waals surface area contributed by atoms with E-state index in [-0.39, 0.29) is 16.6 Å². The summed E-state index contributed by atoms with van der Waals surface area (Å²) in [5.74, 6) is -1.04. The molecule has 2 rings (SSSR count). The van der Waals surface area contributed by atoms with E-state index in [0.717, 1.165) is 11.3 Å². The van der Waals surface area contributed by atoms with Gasteiger partial charge in [0.1, 0.15) is 0 Å². The van der Waals surface area contributed by atoms with Gasteiger partial charge < -0.3 is 10.4 Å². The molecular formula is C15H13Cl2NO2. The Labute approximate surface area is 127 Å². The van der Waals surface area contributed by atoms with Crippen LogP contribution in [0, 0.1) is 0 Å². The van der Waals surface area contributed by atoms with E-state index >= 15 is 0 Å². The van der Waals surface area contributed by atoms with E-state index in [1.165, 1.54) is 6.07 Å². The topological polar surface area (TPSA) is 49.3 Å². The molecule has 0 radical (unpaired) electrons. The molecule has 20 heavy (non-hydrogen) atoms. The lowest BCUT2D eigenvalue weighted by atomic mass is 10.1. The number of carboxylic acids is 1. The zero-order valence-electron chi connectivity index (χ0n) is 10.7. The summed E-state index contributed by atoms with van der Waals surface area (Å²) in [4.78, 5) is 10.9. The Morgan fingerprint density at radius 2 is 1.95 bits per heavy atom. The smallest absolute Gasteiger partial charge is 0.337 e. The van der Waals surface area contributed by atoms with Crippen LogP contribution in [-0.2, 0) is 0 Å². The fourth-order valence-electron chi connectivity index (χ4n) is 1.89. The molecule has 5 heteroatoms. The Bertz CT molecular complexity index is 644. The van der Waals surface area contributed by atoms with E-state index < -0.39 is 5.97 Å². The lowest BCUT2D eigenvalue weighted by Crippen LogP contribution is -2.07. The standard InChI is InChI=1S/C15H13Cl2NO2/c1-9(10-3-2-4-11(16)7-10)18-12-5-6-13(15(19)20)14(17)8-12/h2-9,18H,1H3,(H,19,20). The molecule has 0 amide bonds. The molecule has 0 heterocycles. The predicted octanol–water partition coefficient (Wildman–Crippen LogP) is 4.86. The molecule has 0 aliphatic heterocycles. The van der Waals surface area contributed by atoms with Gasteiger partial charge in [-0.25, -0.2) is 4.79 Å². The maximum absolute atomic E-state index is 10.9. The third-order valence-corrected chi connectivity index (χ3v) is 3.48. The molecule has 0 spiro atoms. The average Bonchev–Trinajstić information content (AvgIpc) is 2.38. The van der Waals surface area contributed by atoms with Crippen molar-refractivity contribution in [3.8, 4) is 0 Å². The van der Waals surface area contributed by atoms with E-state index in [4.69, 9.17) is 28.3 Å². The van der Waals surface area contributed by atoms with Gasteiger partial charge >= 0.3 is 5.97 Å². The van der Waals surface area contributed by atoms with Crippen LogP contribution in [0.2, 0.25) is 10.0 Å². The van der Waals surface area contributed by atoms with Crippen LogP contribution in [0.5, 0.6) is 0 Å². The largest absolute Gasteiger partial charge is 0.478 e. The second-order valence-corrected chi connectivity index (χ2v) is 5.26. The first-order valence-corrected chi connectivity index (χ1v) is 6.78. The molecule has 0 aliphatic carbocycles. The van der Waals surface area contributed by atoms with Crippen molar-refractivity contribution in [2.24, 2.45) is 0 Å². The van der Waals surface area contributed by atoms with Gasteiger partial charge in [0, 0.05) is 16.8 Å². The van der Waals surface area contributed by atoms with Gasteiger partial charge in [0.05, 0.1) is 10.6 Å². The Balaban J connectivity index is 2.18. The summed E-state index contributed by atoms with van der Waals surface area (Å²) >= 11 is 11.9. The van der Waals surface area contributed by atoms with Gasteiger partial charge in [-0.05, 0) is 42.8 Å². The number of anilines is 1. The first-order valence-electron chi connectivity index (χ1n) is 6.02. The summed E-state index contributed by atoms with van der Waals surface area (Å²) in [6, 6.07) is 12.4. The number of carboxylic acid groups (broad SMARTS) is 1. The molecule has 2 aromatic carbocycles. The number of benzene rings is 2. The van der Waals surface area contributed by atoms with Crippen LogP contribution >= 0.6 is 23.2 Å². The van der Waals surface area contributed by atoms with Gasteiger partial charge in [0.25, 0.3) is 0 Å². The minimum Gasteiger partial charge on any atom is -0.478 e. The molecule has 1 unspecified atom stereocenters. The molecule has 0 bridgehead atoms. The van der Waals surface area contributed by atoms with Crippen LogP contribution in [0.15, 0.2) is 42.5 Å². The Morgan fingerprint density at radius 1 is 1.20 bits per heavy atom. The fourth-order valence-corrected chi connectivity index (χ4v) is 2.35. The second-order valence-electron chi connectivity index (χ2n) is 4.42. The molecule has 0 saturated carbocycles. The van der Waals surface area contributed by atoms with Crippen molar-refractivity contribution in [2.75, 3.05) is 5.32 Å². The third kappa shape index (κ3) is 3.44. The number of aromatic carboxylic acids is 1. The number of halogens is 2. The minimum atomic E-state index is -1.04. The van der Waals surface area contributed by atoms with Gasteiger partial charge in [-0.2, -0.15) is 0 Å². The molecule has 0 aromatic heterocycles. The number of carbonyl (C=O) groups is 1. The lowest BCUT2D eigenvalue weighted by molar-refractivity contribution is 0.0697. The van der Waals surface area contributed by atoms with E-state index in [1.807, 2.05) is 31.2 Å². The van der Waals surface area contributed by atoms with Crippen molar-refractivity contribution in [2.45, 2.75) is 13.0 Å². The highest BCUT2D eigenvalue weighted by Crippen LogP contribution is 2.25. The Morgan fingerprint density at radius 3 is 2.55 bits per heavy atom. The summed E-state index contributed by atoms with van der Waals surface area (Å²) in [5.41, 5.74) is 1.89. The maximum atomic E-state index is 10.9. The molecule has 3 nitrogen and oxygen atoms in total. The molecule has 104 valence electrons. The van der Waals surface area contributed by atoms with E-state index in [1.54, 1.807) is 12.1 Å². The number of hydrogen-bond donors (Lipinski definition) is 2. The minimum absolute atomic E-state index is 0.0282. The highest BCUT2D eigenvalue weighted by Gasteiger charge is 2.11. The van der Waals surface area contributed by atoms with E-state index in [9.17, 15) is 4.79 Å². The van der Waals surface area contributed by atoms with Crippen LogP contribution in [0.3, 0.4) is 0 Å². The van der Waals surface area contributed by atoms with Crippen molar-refractivity contribution in [1.29, 1.82) is 0 Å². The molecule has 0 aliphatic rings. The molecule has 0 fully saturated rings. The maximum Gasteiger partial charge on any atom is 0.337 e. The summed E-state index contributed by atoms with van der Waals surface area (Å²) < 4.78 is 0. The van der Waals surface area contributed by atoms with Gasteiger partial charge in [-0.3, -0.25) is 0 Å². The van der Waals surface area contributed by atoms with Crippen LogP contribution in [0.1, 0.15) is 28.9 Å².